The summed E-state index contributed by atoms with van der Waals surface area (Å²) in [5.41, 5.74) is 1.77. The molecule has 1 N–H and O–H groups in total. The lowest BCUT2D eigenvalue weighted by atomic mass is 9.92. The van der Waals surface area contributed by atoms with Crippen LogP contribution in [0.4, 0.5) is 0 Å². The Morgan fingerprint density at radius 1 is 1.14 bits per heavy atom. The molecule has 1 aliphatic heterocycles. The second-order valence-corrected chi connectivity index (χ2v) is 7.82. The van der Waals surface area contributed by atoms with E-state index in [0.29, 0.717) is 11.5 Å². The lowest BCUT2D eigenvalue weighted by Gasteiger charge is -2.35. The molecule has 3 nitrogen and oxygen atoms in total. The van der Waals surface area contributed by atoms with Gasteiger partial charge in [-0.15, -0.1) is 0 Å². The van der Waals surface area contributed by atoms with Gasteiger partial charge in [0.05, 0.1) is 0 Å². The predicted octanol–water partition coefficient (Wildman–Crippen LogP) is 2.83. The second-order valence-electron chi connectivity index (χ2n) is 7.82. The first-order valence-electron chi connectivity index (χ1n) is 8.59. The Hall–Kier alpha value is -0.900. The first-order valence-corrected chi connectivity index (χ1v) is 8.59. The van der Waals surface area contributed by atoms with Crippen LogP contribution in [-0.2, 0) is 6.54 Å². The summed E-state index contributed by atoms with van der Waals surface area (Å²) in [6.07, 6.45) is 2.54. The molecule has 0 unspecified atom stereocenters. The minimum Gasteiger partial charge on any atom is -0.313 e. The molecule has 3 heteroatoms. The number of nitrogens with one attached hydrogen (secondary N) is 1. The van der Waals surface area contributed by atoms with Gasteiger partial charge in [0, 0.05) is 25.7 Å². The van der Waals surface area contributed by atoms with Gasteiger partial charge in [-0.3, -0.25) is 4.90 Å². The maximum atomic E-state index is 3.80. The molecule has 0 amide bonds. The highest BCUT2D eigenvalue weighted by atomic mass is 15.1. The Bertz CT molecular complexity index is 420. The van der Waals surface area contributed by atoms with E-state index in [-0.39, 0.29) is 0 Å². The Kier molecular flexibility index (Phi) is 6.42. The molecule has 0 saturated carbocycles. The summed E-state index contributed by atoms with van der Waals surface area (Å²) < 4.78 is 0. The van der Waals surface area contributed by atoms with Crippen molar-refractivity contribution in [1.82, 2.24) is 15.1 Å². The molecule has 124 valence electrons. The van der Waals surface area contributed by atoms with Crippen molar-refractivity contribution in [2.75, 3.05) is 40.3 Å². The minimum atomic E-state index is 0.338. The van der Waals surface area contributed by atoms with Crippen molar-refractivity contribution in [3.05, 3.63) is 35.9 Å². The van der Waals surface area contributed by atoms with E-state index in [1.165, 1.54) is 31.5 Å². The van der Waals surface area contributed by atoms with Crippen LogP contribution in [0.2, 0.25) is 0 Å². The van der Waals surface area contributed by atoms with Crippen LogP contribution in [0.3, 0.4) is 0 Å². The van der Waals surface area contributed by atoms with Crippen LogP contribution in [-0.4, -0.2) is 56.1 Å². The fraction of sp³-hybridized carbons (Fsp3) is 0.684. The van der Waals surface area contributed by atoms with E-state index in [1.54, 1.807) is 0 Å². The fourth-order valence-electron chi connectivity index (χ4n) is 3.47. The van der Waals surface area contributed by atoms with Crippen LogP contribution in [0.5, 0.6) is 0 Å². The predicted molar refractivity (Wildman–Crippen MR) is 95.1 cm³/mol. The SMILES string of the molecule is CN(C)CC(C)(C)CNC1CCN(Cc2ccccc2)CC1. The molecule has 0 bridgehead atoms. The molecular weight excluding hydrogens is 270 g/mol. The molecule has 0 radical (unpaired) electrons. The van der Waals surface area contributed by atoms with Gasteiger partial charge < -0.3 is 10.2 Å². The van der Waals surface area contributed by atoms with Crippen molar-refractivity contribution in [3.63, 3.8) is 0 Å². The van der Waals surface area contributed by atoms with E-state index >= 15 is 0 Å². The van der Waals surface area contributed by atoms with Gasteiger partial charge in [-0.05, 0) is 51.0 Å². The van der Waals surface area contributed by atoms with Gasteiger partial charge in [-0.25, -0.2) is 0 Å². The Balaban J connectivity index is 1.69. The molecule has 1 fully saturated rings. The van der Waals surface area contributed by atoms with Crippen molar-refractivity contribution >= 4 is 0 Å². The number of hydrogen-bond acceptors (Lipinski definition) is 3. The van der Waals surface area contributed by atoms with E-state index in [2.05, 4.69) is 73.4 Å². The van der Waals surface area contributed by atoms with Gasteiger partial charge in [0.15, 0.2) is 0 Å². The molecule has 1 saturated heterocycles. The van der Waals surface area contributed by atoms with E-state index in [0.717, 1.165) is 19.6 Å². The number of piperidine rings is 1. The lowest BCUT2D eigenvalue weighted by Crippen LogP contribution is -2.46. The highest BCUT2D eigenvalue weighted by Crippen LogP contribution is 2.18. The standard InChI is InChI=1S/C19H33N3/c1-19(2,16-21(3)4)15-20-18-10-12-22(13-11-18)14-17-8-6-5-7-9-17/h5-9,18,20H,10-16H2,1-4H3. The summed E-state index contributed by atoms with van der Waals surface area (Å²) in [5, 5.41) is 3.80. The van der Waals surface area contributed by atoms with E-state index < -0.39 is 0 Å². The highest BCUT2D eigenvalue weighted by molar-refractivity contribution is 5.14. The third kappa shape index (κ3) is 6.07. The minimum absolute atomic E-state index is 0.338. The first-order chi connectivity index (χ1) is 10.4. The average Bonchev–Trinajstić information content (AvgIpc) is 2.46. The molecule has 0 spiro atoms. The fourth-order valence-corrected chi connectivity index (χ4v) is 3.47. The zero-order valence-corrected chi connectivity index (χ0v) is 14.8. The largest absolute Gasteiger partial charge is 0.313 e. The molecule has 0 atom stereocenters. The Morgan fingerprint density at radius 2 is 1.77 bits per heavy atom. The summed E-state index contributed by atoms with van der Waals surface area (Å²) in [6, 6.07) is 11.5. The molecular formula is C19H33N3. The van der Waals surface area contributed by atoms with Gasteiger partial charge in [-0.1, -0.05) is 44.2 Å². The molecule has 1 aromatic carbocycles. The lowest BCUT2D eigenvalue weighted by molar-refractivity contribution is 0.171. The van der Waals surface area contributed by atoms with Crippen molar-refractivity contribution in [1.29, 1.82) is 0 Å². The van der Waals surface area contributed by atoms with Crippen molar-refractivity contribution in [3.8, 4) is 0 Å². The average molecular weight is 303 g/mol. The zero-order valence-electron chi connectivity index (χ0n) is 14.8. The van der Waals surface area contributed by atoms with Gasteiger partial charge in [0.25, 0.3) is 0 Å². The molecule has 1 aromatic rings. The van der Waals surface area contributed by atoms with E-state index in [4.69, 9.17) is 0 Å². The number of benzene rings is 1. The van der Waals surface area contributed by atoms with E-state index in [1.807, 2.05) is 0 Å². The van der Waals surface area contributed by atoms with Gasteiger partial charge in [0.1, 0.15) is 0 Å². The van der Waals surface area contributed by atoms with Crippen molar-refractivity contribution in [2.24, 2.45) is 5.41 Å². The normalized spacial score (nSPS) is 18.0. The number of likely N-dealkylation sites (tertiary alicyclic amines) is 1. The van der Waals surface area contributed by atoms with Crippen molar-refractivity contribution in [2.45, 2.75) is 39.3 Å². The van der Waals surface area contributed by atoms with Crippen LogP contribution in [0.25, 0.3) is 0 Å². The quantitative estimate of drug-likeness (QED) is 0.835. The summed E-state index contributed by atoms with van der Waals surface area (Å²) in [6.45, 7) is 10.5. The number of hydrogen-bond donors (Lipinski definition) is 1. The zero-order chi connectivity index (χ0) is 16.0. The smallest absolute Gasteiger partial charge is 0.0233 e. The summed E-state index contributed by atoms with van der Waals surface area (Å²) in [7, 11) is 4.31. The summed E-state index contributed by atoms with van der Waals surface area (Å²) in [4.78, 5) is 4.86. The third-order valence-corrected chi connectivity index (χ3v) is 4.45. The monoisotopic (exact) mass is 303 g/mol. The Morgan fingerprint density at radius 3 is 2.36 bits per heavy atom. The second kappa shape index (κ2) is 8.09. The van der Waals surface area contributed by atoms with Gasteiger partial charge in [-0.2, -0.15) is 0 Å². The van der Waals surface area contributed by atoms with Crippen LogP contribution < -0.4 is 5.32 Å². The Labute approximate surface area is 136 Å². The van der Waals surface area contributed by atoms with Crippen LogP contribution in [0.15, 0.2) is 30.3 Å². The molecule has 1 heterocycles. The summed E-state index contributed by atoms with van der Waals surface area (Å²) in [5.74, 6) is 0. The first kappa shape index (κ1) is 17.5. The molecule has 0 aliphatic carbocycles. The maximum Gasteiger partial charge on any atom is 0.0233 e. The van der Waals surface area contributed by atoms with Crippen LogP contribution in [0, 0.1) is 5.41 Å². The third-order valence-electron chi connectivity index (χ3n) is 4.45. The van der Waals surface area contributed by atoms with Crippen molar-refractivity contribution < 1.29 is 0 Å². The van der Waals surface area contributed by atoms with Gasteiger partial charge >= 0.3 is 0 Å². The molecule has 22 heavy (non-hydrogen) atoms. The number of nitrogens with zero attached hydrogens (tertiary/aromatic N) is 2. The molecule has 1 aliphatic rings. The molecule has 0 aromatic heterocycles. The van der Waals surface area contributed by atoms with Crippen LogP contribution >= 0.6 is 0 Å². The summed E-state index contributed by atoms with van der Waals surface area (Å²) >= 11 is 0. The topological polar surface area (TPSA) is 18.5 Å². The van der Waals surface area contributed by atoms with E-state index in [9.17, 15) is 0 Å². The highest BCUT2D eigenvalue weighted by Gasteiger charge is 2.23. The number of rotatable bonds is 7. The molecule has 2 rings (SSSR count). The maximum absolute atomic E-state index is 3.80. The van der Waals surface area contributed by atoms with Crippen LogP contribution in [0.1, 0.15) is 32.3 Å². The van der Waals surface area contributed by atoms with Gasteiger partial charge in [0.2, 0.25) is 0 Å².